The summed E-state index contributed by atoms with van der Waals surface area (Å²) in [6, 6.07) is 0. The number of aliphatic hydroxyl groups excluding tert-OH is 4. The largest absolute Gasteiger partial charge is 0.481 e. The maximum atomic E-state index is 12.2. The third-order valence-corrected chi connectivity index (χ3v) is 11.7. The van der Waals surface area contributed by atoms with Crippen LogP contribution in [0.25, 0.3) is 0 Å². The van der Waals surface area contributed by atoms with Crippen molar-refractivity contribution in [1.82, 2.24) is 0 Å². The molecule has 2 saturated carbocycles. The Morgan fingerprint density at radius 2 is 0.930 bits per heavy atom. The molecule has 2 aliphatic rings. The zero-order chi connectivity index (χ0) is 42.4. The van der Waals surface area contributed by atoms with E-state index in [4.69, 9.17) is 9.84 Å². The Morgan fingerprint density at radius 3 is 1.33 bits per heavy atom. The third kappa shape index (κ3) is 25.0. The Labute approximate surface area is 345 Å². The number of esters is 1. The molecule has 2 aliphatic carbocycles. The van der Waals surface area contributed by atoms with Crippen LogP contribution in [0.3, 0.4) is 0 Å². The highest BCUT2D eigenvalue weighted by atomic mass is 16.5. The molecule has 0 bridgehead atoms. The van der Waals surface area contributed by atoms with Crippen LogP contribution in [0.1, 0.15) is 195 Å². The van der Waals surface area contributed by atoms with Crippen LogP contribution >= 0.6 is 0 Å². The number of rotatable bonds is 31. The van der Waals surface area contributed by atoms with Crippen LogP contribution in [-0.2, 0) is 23.9 Å². The number of hydrogen-bond donors (Lipinski definition) is 5. The first kappa shape index (κ1) is 52.6. The van der Waals surface area contributed by atoms with Crippen LogP contribution in [0.5, 0.6) is 0 Å². The van der Waals surface area contributed by atoms with Gasteiger partial charge in [0, 0.05) is 38.5 Å². The second kappa shape index (κ2) is 32.5. The first-order valence-corrected chi connectivity index (χ1v) is 22.8. The van der Waals surface area contributed by atoms with E-state index in [9.17, 15) is 39.6 Å². The van der Waals surface area contributed by atoms with Gasteiger partial charge in [-0.1, -0.05) is 89.5 Å². The van der Waals surface area contributed by atoms with E-state index in [0.29, 0.717) is 83.5 Å². The summed E-state index contributed by atoms with van der Waals surface area (Å²) < 4.78 is 5.11. The summed E-state index contributed by atoms with van der Waals surface area (Å²) in [7, 11) is 0. The summed E-state index contributed by atoms with van der Waals surface area (Å²) in [6.45, 7) is 8.05. The number of carboxylic acids is 1. The number of aliphatic hydroxyl groups is 4. The van der Waals surface area contributed by atoms with Gasteiger partial charge in [0.1, 0.15) is 11.6 Å². The molecule has 10 heteroatoms. The van der Waals surface area contributed by atoms with E-state index in [2.05, 4.69) is 13.8 Å². The molecule has 0 radical (unpaired) electrons. The van der Waals surface area contributed by atoms with Gasteiger partial charge in [0.15, 0.2) is 0 Å². The van der Waals surface area contributed by atoms with E-state index in [1.807, 2.05) is 38.2 Å². The predicted octanol–water partition coefficient (Wildman–Crippen LogP) is 9.38. The lowest BCUT2D eigenvalue weighted by Crippen LogP contribution is -2.22. The molecule has 0 aliphatic heterocycles. The van der Waals surface area contributed by atoms with Crippen LogP contribution in [-0.4, -0.2) is 79.6 Å². The fourth-order valence-corrected chi connectivity index (χ4v) is 8.37. The number of unbranched alkanes of at least 4 members (excludes halogenated alkanes) is 10. The molecule has 0 saturated heterocycles. The fraction of sp³-hybridized carbons (Fsp3) is 0.830. The van der Waals surface area contributed by atoms with E-state index in [0.717, 1.165) is 38.5 Å². The van der Waals surface area contributed by atoms with Crippen molar-refractivity contribution in [2.45, 2.75) is 225 Å². The molecule has 0 unspecified atom stereocenters. The van der Waals surface area contributed by atoms with Crippen molar-refractivity contribution in [2.75, 3.05) is 0 Å². The summed E-state index contributed by atoms with van der Waals surface area (Å²) in [6.07, 6.45) is 26.4. The van der Waals surface area contributed by atoms with Crippen LogP contribution in [0.2, 0.25) is 0 Å². The zero-order valence-corrected chi connectivity index (χ0v) is 36.2. The predicted molar refractivity (Wildman–Crippen MR) is 227 cm³/mol. The van der Waals surface area contributed by atoms with Crippen LogP contribution < -0.4 is 0 Å². The molecule has 0 heterocycles. The Bertz CT molecular complexity index is 1150. The fourth-order valence-electron chi connectivity index (χ4n) is 8.37. The van der Waals surface area contributed by atoms with Gasteiger partial charge in [-0.25, -0.2) is 0 Å². The summed E-state index contributed by atoms with van der Waals surface area (Å²) in [4.78, 5) is 46.3. The first-order chi connectivity index (χ1) is 27.3. The number of carbonyl (C=O) groups is 4. The molecule has 10 nitrogen and oxygen atoms in total. The topological polar surface area (TPSA) is 179 Å². The van der Waals surface area contributed by atoms with E-state index < -0.39 is 30.4 Å². The van der Waals surface area contributed by atoms with Crippen molar-refractivity contribution in [3.63, 3.8) is 0 Å². The van der Waals surface area contributed by atoms with Crippen LogP contribution in [0.4, 0.5) is 0 Å². The standard InChI is InChI=1S/C25H44O5.C22H38O5/c1-4-5-6-7-10-13-20(26)16-17-22-21(23(27)18-24(22)28)14-11-8-9-12-15-25(29)30-19(2)3;1-2-3-4-5-8-11-17(23)14-15-19-18(20(24)16-21(19)25)12-9-6-7-10-13-22(26)27/h8,11,19,21-24,27-28H,4-7,9-10,12-18H2,1-3H3;6,9,18-21,24-25H,2-5,7-8,10-16H2,1H3,(H,26,27)/b11-8-;9-6-/t21-,22-,23+,24-;18-,19-,20+,21-/m11/s1. The molecule has 0 aromatic carbocycles. The SMILES string of the molecule is CCCCCCCC(=O)CC[C@@H]1[C@@H](C/C=C\CCCC(=O)O)[C@@H](O)C[C@H]1O.CCCCCCCC(=O)CC[C@@H]1[C@@H](C/C=C\CCCC(=O)OC(C)C)[C@@H](O)C[C@H]1O. The average Bonchev–Trinajstić information content (AvgIpc) is 3.58. The minimum absolute atomic E-state index is 0.000453. The van der Waals surface area contributed by atoms with Gasteiger partial charge in [0.2, 0.25) is 0 Å². The van der Waals surface area contributed by atoms with Gasteiger partial charge in [0.25, 0.3) is 0 Å². The summed E-state index contributed by atoms with van der Waals surface area (Å²) in [5.41, 5.74) is 0. The van der Waals surface area contributed by atoms with Gasteiger partial charge in [-0.3, -0.25) is 19.2 Å². The zero-order valence-electron chi connectivity index (χ0n) is 36.2. The number of aliphatic carboxylic acids is 1. The highest BCUT2D eigenvalue weighted by Gasteiger charge is 2.41. The summed E-state index contributed by atoms with van der Waals surface area (Å²) in [5.74, 6) is -0.476. The second-order valence-corrected chi connectivity index (χ2v) is 17.0. The van der Waals surface area contributed by atoms with Gasteiger partial charge in [0.05, 0.1) is 30.5 Å². The number of ether oxygens (including phenoxy) is 1. The number of carbonyl (C=O) groups excluding carboxylic acids is 3. The van der Waals surface area contributed by atoms with Gasteiger partial charge >= 0.3 is 11.9 Å². The molecule has 8 atom stereocenters. The molecule has 330 valence electrons. The smallest absolute Gasteiger partial charge is 0.306 e. The van der Waals surface area contributed by atoms with Crippen LogP contribution in [0, 0.1) is 23.7 Å². The van der Waals surface area contributed by atoms with Gasteiger partial charge in [-0.05, 0) is 115 Å². The van der Waals surface area contributed by atoms with Gasteiger partial charge < -0.3 is 30.3 Å². The van der Waals surface area contributed by atoms with Crippen LogP contribution in [0.15, 0.2) is 24.3 Å². The van der Waals surface area contributed by atoms with E-state index in [1.165, 1.54) is 38.5 Å². The molecule has 0 aromatic heterocycles. The van der Waals surface area contributed by atoms with Crippen molar-refractivity contribution in [3.05, 3.63) is 24.3 Å². The van der Waals surface area contributed by atoms with Gasteiger partial charge in [-0.2, -0.15) is 0 Å². The summed E-state index contributed by atoms with van der Waals surface area (Å²) >= 11 is 0. The highest BCUT2D eigenvalue weighted by Crippen LogP contribution is 2.39. The molecular formula is C47H82O10. The molecular weight excluding hydrogens is 725 g/mol. The Kier molecular flexibility index (Phi) is 30.0. The first-order valence-electron chi connectivity index (χ1n) is 22.8. The monoisotopic (exact) mass is 807 g/mol. The Hall–Kier alpha value is -2.40. The quantitative estimate of drug-likeness (QED) is 0.0258. The average molecular weight is 807 g/mol. The van der Waals surface area contributed by atoms with E-state index >= 15 is 0 Å². The minimum Gasteiger partial charge on any atom is -0.481 e. The minimum atomic E-state index is -0.784. The van der Waals surface area contributed by atoms with E-state index in [1.54, 1.807) is 0 Å². The third-order valence-electron chi connectivity index (χ3n) is 11.7. The number of hydrogen-bond acceptors (Lipinski definition) is 9. The molecule has 0 spiro atoms. The van der Waals surface area contributed by atoms with Gasteiger partial charge in [-0.15, -0.1) is 0 Å². The number of allylic oxidation sites excluding steroid dienone is 4. The molecule has 0 aromatic rings. The normalized spacial score (nSPS) is 24.6. The molecule has 5 N–H and O–H groups in total. The highest BCUT2D eigenvalue weighted by molar-refractivity contribution is 5.78. The lowest BCUT2D eigenvalue weighted by Gasteiger charge is -2.22. The second-order valence-electron chi connectivity index (χ2n) is 17.0. The van der Waals surface area contributed by atoms with Crippen molar-refractivity contribution >= 4 is 23.5 Å². The molecule has 2 fully saturated rings. The lowest BCUT2D eigenvalue weighted by atomic mass is 9.86. The number of Topliss-reactive ketones (excluding diaryl/α,β-unsaturated/α-hetero) is 2. The van der Waals surface area contributed by atoms with E-state index in [-0.39, 0.29) is 53.7 Å². The number of ketones is 2. The lowest BCUT2D eigenvalue weighted by molar-refractivity contribution is -0.147. The summed E-state index contributed by atoms with van der Waals surface area (Å²) in [5, 5.41) is 49.8. The Morgan fingerprint density at radius 1 is 0.526 bits per heavy atom. The molecule has 0 amide bonds. The van der Waals surface area contributed by atoms with Crippen molar-refractivity contribution < 1.29 is 49.4 Å². The van der Waals surface area contributed by atoms with Crippen molar-refractivity contribution in [1.29, 1.82) is 0 Å². The molecule has 2 rings (SSSR count). The Balaban J connectivity index is 0.000000573. The molecule has 57 heavy (non-hydrogen) atoms. The maximum absolute atomic E-state index is 12.2. The van der Waals surface area contributed by atoms with Crippen molar-refractivity contribution in [3.8, 4) is 0 Å². The maximum Gasteiger partial charge on any atom is 0.306 e. The van der Waals surface area contributed by atoms with Crippen molar-refractivity contribution in [2.24, 2.45) is 23.7 Å². The number of carboxylic acid groups (broad SMARTS) is 1.